The summed E-state index contributed by atoms with van der Waals surface area (Å²) in [4.78, 5) is 30.8. The van der Waals surface area contributed by atoms with Crippen LogP contribution in [-0.4, -0.2) is 16.8 Å². The van der Waals surface area contributed by atoms with E-state index in [1.54, 1.807) is 0 Å². The lowest BCUT2D eigenvalue weighted by Crippen LogP contribution is -2.35. The highest BCUT2D eigenvalue weighted by molar-refractivity contribution is 6.15. The molecule has 24 heavy (non-hydrogen) atoms. The minimum absolute atomic E-state index is 0.234. The van der Waals surface area contributed by atoms with Crippen LogP contribution in [0.5, 0.6) is 0 Å². The summed E-state index contributed by atoms with van der Waals surface area (Å²) in [5.41, 5.74) is 7.02. The number of rotatable bonds is 2. The van der Waals surface area contributed by atoms with Gasteiger partial charge in [0.25, 0.3) is 0 Å². The molecule has 1 aromatic heterocycles. The van der Waals surface area contributed by atoms with Gasteiger partial charge in [-0.25, -0.2) is 0 Å². The van der Waals surface area contributed by atoms with Crippen LogP contribution in [0.4, 0.5) is 5.69 Å². The minimum Gasteiger partial charge on any atom is -0.274 e. The lowest BCUT2D eigenvalue weighted by atomic mass is 9.93. The summed E-state index contributed by atoms with van der Waals surface area (Å²) in [6.45, 7) is 11.1. The summed E-state index contributed by atoms with van der Waals surface area (Å²) >= 11 is 0. The van der Waals surface area contributed by atoms with Crippen molar-refractivity contribution in [2.24, 2.45) is 0 Å². The molecule has 0 saturated heterocycles. The van der Waals surface area contributed by atoms with Gasteiger partial charge >= 0.3 is 0 Å². The van der Waals surface area contributed by atoms with Gasteiger partial charge in [-0.15, -0.1) is 0 Å². The topological polar surface area (TPSA) is 50.3 Å². The van der Waals surface area contributed by atoms with Gasteiger partial charge in [-0.3, -0.25) is 19.5 Å². The monoisotopic (exact) mass is 328 g/mol. The van der Waals surface area contributed by atoms with E-state index in [0.29, 0.717) is 0 Å². The Kier molecular flexibility index (Phi) is 5.58. The molecule has 0 fully saturated rings. The normalized spacial score (nSPS) is 13.8. The number of aryl methyl sites for hydroxylation is 2. The molecule has 130 valence electrons. The van der Waals surface area contributed by atoms with Crippen LogP contribution in [-0.2, 0) is 22.4 Å². The van der Waals surface area contributed by atoms with E-state index in [-0.39, 0.29) is 11.8 Å². The first-order chi connectivity index (χ1) is 11.3. The zero-order chi connectivity index (χ0) is 18.0. The fourth-order valence-electron chi connectivity index (χ4n) is 3.51. The van der Waals surface area contributed by atoms with E-state index in [1.165, 1.54) is 24.3 Å². The second kappa shape index (κ2) is 7.29. The quantitative estimate of drug-likeness (QED) is 0.757. The van der Waals surface area contributed by atoms with Gasteiger partial charge in [0.15, 0.2) is 0 Å². The maximum atomic E-state index is 12.3. The zero-order valence-corrected chi connectivity index (χ0v) is 15.7. The molecule has 0 aromatic carbocycles. The molecule has 2 amide bonds. The first-order valence-corrected chi connectivity index (χ1v) is 8.73. The van der Waals surface area contributed by atoms with Crippen LogP contribution in [0.25, 0.3) is 5.57 Å². The highest BCUT2D eigenvalue weighted by Gasteiger charge is 2.28. The van der Waals surface area contributed by atoms with Gasteiger partial charge in [0, 0.05) is 30.8 Å². The second-order valence-electron chi connectivity index (χ2n) is 6.91. The number of imide groups is 1. The number of hydrogen-bond donors (Lipinski definition) is 0. The molecule has 0 N–H and O–H groups in total. The molecule has 1 aliphatic rings. The van der Waals surface area contributed by atoms with Crippen molar-refractivity contribution in [2.45, 2.75) is 73.6 Å². The number of allylic oxidation sites excluding steroid dienone is 2. The zero-order valence-electron chi connectivity index (χ0n) is 15.7. The van der Waals surface area contributed by atoms with E-state index in [9.17, 15) is 9.59 Å². The second-order valence-corrected chi connectivity index (χ2v) is 6.91. The molecule has 0 unspecified atom stereocenters. The Morgan fingerprint density at radius 1 is 0.917 bits per heavy atom. The van der Waals surface area contributed by atoms with Crippen molar-refractivity contribution >= 4 is 23.1 Å². The summed E-state index contributed by atoms with van der Waals surface area (Å²) in [5, 5.41) is 0. The van der Waals surface area contributed by atoms with E-state index in [4.69, 9.17) is 4.98 Å². The molecule has 4 nitrogen and oxygen atoms in total. The molecule has 2 rings (SSSR count). The van der Waals surface area contributed by atoms with Crippen molar-refractivity contribution < 1.29 is 9.59 Å². The number of fused-ring (bicyclic) bond motifs is 1. The van der Waals surface area contributed by atoms with Crippen LogP contribution in [0.15, 0.2) is 5.57 Å². The molecule has 0 radical (unpaired) electrons. The van der Waals surface area contributed by atoms with E-state index >= 15 is 0 Å². The third kappa shape index (κ3) is 3.42. The predicted octanol–water partition coefficient (Wildman–Crippen LogP) is 4.37. The third-order valence-corrected chi connectivity index (χ3v) is 4.85. The average molecular weight is 328 g/mol. The molecular weight excluding hydrogens is 300 g/mol. The van der Waals surface area contributed by atoms with Gasteiger partial charge in [0.1, 0.15) is 0 Å². The Morgan fingerprint density at radius 2 is 1.50 bits per heavy atom. The van der Waals surface area contributed by atoms with Crippen LogP contribution in [0.1, 0.15) is 76.4 Å². The molecule has 4 heteroatoms. The van der Waals surface area contributed by atoms with Crippen molar-refractivity contribution in [3.63, 3.8) is 0 Å². The Labute approximate surface area is 145 Å². The lowest BCUT2D eigenvalue weighted by molar-refractivity contribution is -0.124. The standard InChI is InChI=1S/C20H28N2O2/c1-12(2)13(3)19-14(4)21-18-11-9-7-8-10-17(18)20(19)22(15(5)23)16(6)24/h7-11H2,1-6H3. The summed E-state index contributed by atoms with van der Waals surface area (Å²) in [7, 11) is 0. The smallest absolute Gasteiger partial charge is 0.230 e. The van der Waals surface area contributed by atoms with Crippen LogP contribution in [0.2, 0.25) is 0 Å². The van der Waals surface area contributed by atoms with E-state index in [0.717, 1.165) is 65.9 Å². The Bertz CT molecular complexity index is 699. The molecule has 0 bridgehead atoms. The number of amides is 2. The fraction of sp³-hybridized carbons (Fsp3) is 0.550. The number of aromatic nitrogens is 1. The number of carbonyl (C=O) groups is 2. The van der Waals surface area contributed by atoms with E-state index < -0.39 is 0 Å². The maximum Gasteiger partial charge on any atom is 0.230 e. The van der Waals surface area contributed by atoms with Gasteiger partial charge in [-0.2, -0.15) is 0 Å². The number of pyridine rings is 1. The van der Waals surface area contributed by atoms with E-state index in [2.05, 4.69) is 13.8 Å². The molecule has 0 saturated carbocycles. The van der Waals surface area contributed by atoms with Gasteiger partial charge in [-0.1, -0.05) is 12.0 Å². The van der Waals surface area contributed by atoms with Gasteiger partial charge in [0.2, 0.25) is 11.8 Å². The summed E-state index contributed by atoms with van der Waals surface area (Å²) in [5.74, 6) is -0.468. The number of nitrogens with zero attached hydrogens (tertiary/aromatic N) is 2. The molecule has 1 aliphatic carbocycles. The van der Waals surface area contributed by atoms with Gasteiger partial charge < -0.3 is 0 Å². The Morgan fingerprint density at radius 3 is 2.04 bits per heavy atom. The van der Waals surface area contributed by atoms with Crippen molar-refractivity contribution in [2.75, 3.05) is 4.90 Å². The van der Waals surface area contributed by atoms with Gasteiger partial charge in [-0.05, 0) is 64.5 Å². The van der Waals surface area contributed by atoms with Crippen LogP contribution in [0, 0.1) is 6.92 Å². The first-order valence-electron chi connectivity index (χ1n) is 8.73. The summed E-state index contributed by atoms with van der Waals surface area (Å²) in [6, 6.07) is 0. The highest BCUT2D eigenvalue weighted by atomic mass is 16.2. The SMILES string of the molecule is CC(=O)N(C(C)=O)c1c2c(nc(C)c1C(C)=C(C)C)CCCCC2. The van der Waals surface area contributed by atoms with E-state index in [1.807, 2.05) is 13.8 Å². The van der Waals surface area contributed by atoms with Crippen LogP contribution >= 0.6 is 0 Å². The third-order valence-electron chi connectivity index (χ3n) is 4.85. The number of carbonyl (C=O) groups excluding carboxylic acids is 2. The Hall–Kier alpha value is -1.97. The number of anilines is 1. The number of hydrogen-bond acceptors (Lipinski definition) is 3. The van der Waals surface area contributed by atoms with Crippen molar-refractivity contribution in [1.29, 1.82) is 0 Å². The Balaban J connectivity index is 2.89. The van der Waals surface area contributed by atoms with Gasteiger partial charge in [0.05, 0.1) is 5.69 Å². The molecular formula is C20H28N2O2. The van der Waals surface area contributed by atoms with Crippen LogP contribution in [0.3, 0.4) is 0 Å². The summed E-state index contributed by atoms with van der Waals surface area (Å²) in [6.07, 6.45) is 5.13. The van der Waals surface area contributed by atoms with Crippen LogP contribution < -0.4 is 4.90 Å². The molecule has 0 aliphatic heterocycles. The minimum atomic E-state index is -0.234. The lowest BCUT2D eigenvalue weighted by Gasteiger charge is -2.27. The fourth-order valence-corrected chi connectivity index (χ4v) is 3.51. The molecule has 1 aromatic rings. The van der Waals surface area contributed by atoms with Crippen molar-refractivity contribution in [1.82, 2.24) is 4.98 Å². The summed E-state index contributed by atoms with van der Waals surface area (Å²) < 4.78 is 0. The largest absolute Gasteiger partial charge is 0.274 e. The van der Waals surface area contributed by atoms with Crippen molar-refractivity contribution in [3.05, 3.63) is 28.1 Å². The van der Waals surface area contributed by atoms with Crippen molar-refractivity contribution in [3.8, 4) is 0 Å². The predicted molar refractivity (Wildman–Crippen MR) is 98.0 cm³/mol. The maximum absolute atomic E-state index is 12.3. The molecule has 0 atom stereocenters. The highest BCUT2D eigenvalue weighted by Crippen LogP contribution is 2.38. The first kappa shape index (κ1) is 18.4. The molecule has 0 spiro atoms. The average Bonchev–Trinajstić information content (AvgIpc) is 2.70. The molecule has 1 heterocycles.